The molecule has 2 aromatic carbocycles. The van der Waals surface area contributed by atoms with Crippen LogP contribution in [-0.2, 0) is 13.1 Å². The molecule has 0 saturated heterocycles. The third kappa shape index (κ3) is 2.80. The lowest BCUT2D eigenvalue weighted by atomic mass is 10.2. The van der Waals surface area contributed by atoms with Crippen LogP contribution in [0.25, 0.3) is 22.1 Å². The Labute approximate surface area is 141 Å². The van der Waals surface area contributed by atoms with Crippen molar-refractivity contribution in [2.45, 2.75) is 39.8 Å². The minimum Gasteiger partial charge on any atom is -0.331 e. The molecule has 0 aliphatic rings. The largest absolute Gasteiger partial charge is 0.331 e. The van der Waals surface area contributed by atoms with Crippen molar-refractivity contribution in [2.24, 2.45) is 0 Å². The number of benzene rings is 2. The Balaban J connectivity index is 1.41. The lowest BCUT2D eigenvalue weighted by molar-refractivity contribution is 0.566. The molecule has 2 heterocycles. The summed E-state index contributed by atoms with van der Waals surface area (Å²) in [5.41, 5.74) is 7.17. The summed E-state index contributed by atoms with van der Waals surface area (Å²) in [5.74, 6) is 0. The minimum absolute atomic E-state index is 1.01. The number of unbranched alkanes of at least 4 members (excludes halogenated alkanes) is 1. The standard InChI is InChI=1S/C20H22N4/c1-15-6-8-19-18(11-15)22-14-23(19)9-3-4-10-24-13-21-17-7-5-16(2)12-20(17)24/h5-8,11-14H,3-4,9-10H2,1-2H3. The first-order valence-electron chi connectivity index (χ1n) is 8.54. The summed E-state index contributed by atoms with van der Waals surface area (Å²) >= 11 is 0. The van der Waals surface area contributed by atoms with Crippen LogP contribution < -0.4 is 0 Å². The molecule has 0 radical (unpaired) electrons. The number of hydrogen-bond donors (Lipinski definition) is 0. The van der Waals surface area contributed by atoms with Crippen molar-refractivity contribution >= 4 is 22.1 Å². The summed E-state index contributed by atoms with van der Waals surface area (Å²) in [6.07, 6.45) is 6.18. The summed E-state index contributed by atoms with van der Waals surface area (Å²) in [4.78, 5) is 8.99. The van der Waals surface area contributed by atoms with Gasteiger partial charge in [-0.15, -0.1) is 0 Å². The summed E-state index contributed by atoms with van der Waals surface area (Å²) in [6, 6.07) is 12.9. The van der Waals surface area contributed by atoms with Crippen molar-refractivity contribution in [1.82, 2.24) is 19.1 Å². The van der Waals surface area contributed by atoms with Crippen molar-refractivity contribution in [3.63, 3.8) is 0 Å². The van der Waals surface area contributed by atoms with Crippen molar-refractivity contribution in [3.05, 3.63) is 60.2 Å². The van der Waals surface area contributed by atoms with E-state index >= 15 is 0 Å². The molecule has 0 spiro atoms. The molecular formula is C20H22N4. The Morgan fingerprint density at radius 2 is 1.33 bits per heavy atom. The van der Waals surface area contributed by atoms with Gasteiger partial charge in [0.25, 0.3) is 0 Å². The van der Waals surface area contributed by atoms with Gasteiger partial charge in [-0.2, -0.15) is 0 Å². The van der Waals surface area contributed by atoms with Crippen molar-refractivity contribution < 1.29 is 0 Å². The average Bonchev–Trinajstić information content (AvgIpc) is 3.15. The van der Waals surface area contributed by atoms with Crippen LogP contribution in [0.3, 0.4) is 0 Å². The molecule has 0 N–H and O–H groups in total. The van der Waals surface area contributed by atoms with Crippen LogP contribution >= 0.6 is 0 Å². The Morgan fingerprint density at radius 1 is 0.708 bits per heavy atom. The lowest BCUT2D eigenvalue weighted by Gasteiger charge is -2.07. The number of fused-ring (bicyclic) bond motifs is 2. The molecule has 2 aromatic heterocycles. The van der Waals surface area contributed by atoms with E-state index < -0.39 is 0 Å². The Bertz CT molecular complexity index is 993. The quantitative estimate of drug-likeness (QED) is 0.508. The van der Waals surface area contributed by atoms with E-state index in [2.05, 4.69) is 69.3 Å². The van der Waals surface area contributed by atoms with Crippen molar-refractivity contribution in [2.75, 3.05) is 0 Å². The molecule has 0 fully saturated rings. The van der Waals surface area contributed by atoms with Crippen molar-refractivity contribution in [3.8, 4) is 0 Å². The highest BCUT2D eigenvalue weighted by Crippen LogP contribution is 2.17. The van der Waals surface area contributed by atoms with E-state index in [1.807, 2.05) is 12.7 Å². The molecule has 0 aliphatic carbocycles. The molecule has 4 nitrogen and oxygen atoms in total. The van der Waals surface area contributed by atoms with Crippen molar-refractivity contribution in [1.29, 1.82) is 0 Å². The number of hydrogen-bond acceptors (Lipinski definition) is 2. The Hall–Kier alpha value is -2.62. The lowest BCUT2D eigenvalue weighted by Crippen LogP contribution is -2.00. The number of aryl methyl sites for hydroxylation is 4. The third-order valence-electron chi connectivity index (χ3n) is 4.60. The van der Waals surface area contributed by atoms with Gasteiger partial charge in [-0.05, 0) is 62.1 Å². The van der Waals surface area contributed by atoms with Gasteiger partial charge in [0.15, 0.2) is 0 Å². The highest BCUT2D eigenvalue weighted by molar-refractivity contribution is 5.76. The first-order chi connectivity index (χ1) is 11.7. The van der Waals surface area contributed by atoms with Gasteiger partial charge in [0.05, 0.1) is 34.7 Å². The average molecular weight is 318 g/mol. The monoisotopic (exact) mass is 318 g/mol. The van der Waals surface area contributed by atoms with Crippen LogP contribution in [0.15, 0.2) is 49.1 Å². The highest BCUT2D eigenvalue weighted by Gasteiger charge is 2.04. The fourth-order valence-electron chi connectivity index (χ4n) is 3.26. The molecule has 24 heavy (non-hydrogen) atoms. The number of aromatic nitrogens is 4. The molecule has 4 rings (SSSR count). The molecule has 4 aromatic rings. The second-order valence-electron chi connectivity index (χ2n) is 6.57. The summed E-state index contributed by atoms with van der Waals surface area (Å²) in [5, 5.41) is 0. The summed E-state index contributed by atoms with van der Waals surface area (Å²) in [6.45, 7) is 6.25. The molecule has 0 atom stereocenters. The predicted octanol–water partition coefficient (Wildman–Crippen LogP) is 4.48. The second-order valence-corrected chi connectivity index (χ2v) is 6.57. The van der Waals surface area contributed by atoms with E-state index in [9.17, 15) is 0 Å². The van der Waals surface area contributed by atoms with E-state index in [0.29, 0.717) is 0 Å². The van der Waals surface area contributed by atoms with Gasteiger partial charge < -0.3 is 9.13 Å². The molecule has 0 amide bonds. The maximum Gasteiger partial charge on any atom is 0.0958 e. The summed E-state index contributed by atoms with van der Waals surface area (Å²) < 4.78 is 4.52. The SMILES string of the molecule is Cc1ccc2c(c1)ncn2CCCCn1cnc2ccc(C)cc21. The van der Waals surface area contributed by atoms with Crippen LogP contribution in [0.5, 0.6) is 0 Å². The minimum atomic E-state index is 1.01. The number of rotatable bonds is 5. The van der Waals surface area contributed by atoms with Gasteiger partial charge in [-0.25, -0.2) is 9.97 Å². The first-order valence-corrected chi connectivity index (χ1v) is 8.54. The zero-order valence-electron chi connectivity index (χ0n) is 14.2. The molecule has 122 valence electrons. The van der Waals surface area contributed by atoms with Gasteiger partial charge >= 0.3 is 0 Å². The van der Waals surface area contributed by atoms with Gasteiger partial charge in [0.1, 0.15) is 0 Å². The van der Waals surface area contributed by atoms with Crippen LogP contribution in [-0.4, -0.2) is 19.1 Å². The van der Waals surface area contributed by atoms with Gasteiger partial charge in [0, 0.05) is 13.1 Å². The maximum atomic E-state index is 4.51. The Morgan fingerprint density at radius 3 is 2.12 bits per heavy atom. The molecule has 0 saturated carbocycles. The zero-order valence-corrected chi connectivity index (χ0v) is 14.2. The fraction of sp³-hybridized carbons (Fsp3) is 0.300. The van der Waals surface area contributed by atoms with Gasteiger partial charge in [-0.1, -0.05) is 12.1 Å². The van der Waals surface area contributed by atoms with Crippen LogP contribution in [0.1, 0.15) is 24.0 Å². The van der Waals surface area contributed by atoms with E-state index in [0.717, 1.165) is 37.0 Å². The first kappa shape index (κ1) is 14.9. The molecule has 0 bridgehead atoms. The molecule has 4 heteroatoms. The normalized spacial score (nSPS) is 11.6. The zero-order chi connectivity index (χ0) is 16.5. The fourth-order valence-corrected chi connectivity index (χ4v) is 3.26. The summed E-state index contributed by atoms with van der Waals surface area (Å²) in [7, 11) is 0. The topological polar surface area (TPSA) is 35.6 Å². The van der Waals surface area contributed by atoms with E-state index in [1.54, 1.807) is 0 Å². The van der Waals surface area contributed by atoms with Crippen LogP contribution in [0.4, 0.5) is 0 Å². The second kappa shape index (κ2) is 6.11. The smallest absolute Gasteiger partial charge is 0.0958 e. The third-order valence-corrected chi connectivity index (χ3v) is 4.60. The highest BCUT2D eigenvalue weighted by atomic mass is 15.1. The molecule has 0 aliphatic heterocycles. The molecule has 0 unspecified atom stereocenters. The van der Waals surface area contributed by atoms with Gasteiger partial charge in [-0.3, -0.25) is 0 Å². The van der Waals surface area contributed by atoms with E-state index in [-0.39, 0.29) is 0 Å². The predicted molar refractivity (Wildman–Crippen MR) is 98.2 cm³/mol. The maximum absolute atomic E-state index is 4.51. The van der Waals surface area contributed by atoms with Crippen LogP contribution in [0, 0.1) is 13.8 Å². The molecular weight excluding hydrogens is 296 g/mol. The van der Waals surface area contributed by atoms with E-state index in [1.165, 1.54) is 22.2 Å². The Kier molecular flexibility index (Phi) is 3.81. The number of nitrogens with zero attached hydrogens (tertiary/aromatic N) is 4. The van der Waals surface area contributed by atoms with Gasteiger partial charge in [0.2, 0.25) is 0 Å². The van der Waals surface area contributed by atoms with E-state index in [4.69, 9.17) is 0 Å². The number of imidazole rings is 2. The van der Waals surface area contributed by atoms with Crippen LogP contribution in [0.2, 0.25) is 0 Å².